The minimum atomic E-state index is -0.899. The molecule has 0 fully saturated rings. The van der Waals surface area contributed by atoms with Crippen LogP contribution in [0.15, 0.2) is 18.2 Å². The number of anilines is 1. The zero-order valence-electron chi connectivity index (χ0n) is 11.9. The third-order valence-electron chi connectivity index (χ3n) is 2.81. The van der Waals surface area contributed by atoms with Crippen LogP contribution in [0.2, 0.25) is 0 Å². The molecule has 1 aromatic rings. The monoisotopic (exact) mass is 277 g/mol. The fourth-order valence-electron chi connectivity index (χ4n) is 1.70. The Bertz CT molecular complexity index is 540. The number of nitrogens with two attached hydrogens (primary N) is 1. The lowest BCUT2D eigenvalue weighted by atomic mass is 10.1. The van der Waals surface area contributed by atoms with Crippen molar-refractivity contribution in [3.63, 3.8) is 0 Å². The summed E-state index contributed by atoms with van der Waals surface area (Å²) in [5.41, 5.74) is 7.68. The van der Waals surface area contributed by atoms with Crippen molar-refractivity contribution in [3.8, 4) is 0 Å². The zero-order chi connectivity index (χ0) is 15.3. The molecule has 1 rings (SSSR count). The second-order valence-corrected chi connectivity index (χ2v) is 4.54. The summed E-state index contributed by atoms with van der Waals surface area (Å²) >= 11 is 0. The first-order valence-corrected chi connectivity index (χ1v) is 6.27. The number of benzene rings is 1. The number of amides is 3. The van der Waals surface area contributed by atoms with Crippen LogP contribution >= 0.6 is 0 Å². The number of hydrogen-bond donors (Lipinski definition) is 2. The molecule has 0 saturated heterocycles. The first-order chi connectivity index (χ1) is 9.36. The topological polar surface area (TPSA) is 92.5 Å². The second-order valence-electron chi connectivity index (χ2n) is 4.54. The van der Waals surface area contributed by atoms with E-state index in [9.17, 15) is 14.4 Å². The summed E-state index contributed by atoms with van der Waals surface area (Å²) in [5.74, 6) is -2.25. The van der Waals surface area contributed by atoms with Gasteiger partial charge in [-0.05, 0) is 31.0 Å². The predicted octanol–water partition coefficient (Wildman–Crippen LogP) is 0.576. The summed E-state index contributed by atoms with van der Waals surface area (Å²) in [6.07, 6.45) is 0. The van der Waals surface area contributed by atoms with Crippen LogP contribution in [-0.4, -0.2) is 35.7 Å². The SMILES string of the molecule is CC(=O)N(CCN)C(=O)C(=O)Nc1cc(C)ccc1C. The van der Waals surface area contributed by atoms with Crippen LogP contribution in [0.4, 0.5) is 5.69 Å². The molecular formula is C14H19N3O3. The standard InChI is InChI=1S/C14H19N3O3/c1-9-4-5-10(2)12(8-9)16-13(19)14(20)17(7-6-15)11(3)18/h4-5,8H,6-7,15H2,1-3H3,(H,16,19). The lowest BCUT2D eigenvalue weighted by Gasteiger charge is -2.18. The number of imide groups is 1. The van der Waals surface area contributed by atoms with Gasteiger partial charge in [0.1, 0.15) is 0 Å². The molecule has 108 valence electrons. The first-order valence-electron chi connectivity index (χ1n) is 6.27. The fraction of sp³-hybridized carbons (Fsp3) is 0.357. The largest absolute Gasteiger partial charge is 0.329 e. The summed E-state index contributed by atoms with van der Waals surface area (Å²) in [6.45, 7) is 5.06. The Labute approximate surface area is 117 Å². The third-order valence-corrected chi connectivity index (χ3v) is 2.81. The highest BCUT2D eigenvalue weighted by Gasteiger charge is 2.24. The average molecular weight is 277 g/mol. The molecule has 0 aliphatic rings. The minimum Gasteiger partial charge on any atom is -0.329 e. The zero-order valence-corrected chi connectivity index (χ0v) is 11.9. The molecule has 1 aromatic carbocycles. The van der Waals surface area contributed by atoms with Crippen LogP contribution in [0, 0.1) is 13.8 Å². The molecule has 0 aliphatic heterocycles. The number of nitrogens with one attached hydrogen (secondary N) is 1. The Hall–Kier alpha value is -2.21. The van der Waals surface area contributed by atoms with Gasteiger partial charge in [-0.3, -0.25) is 19.3 Å². The highest BCUT2D eigenvalue weighted by Crippen LogP contribution is 2.16. The Morgan fingerprint density at radius 1 is 1.25 bits per heavy atom. The van der Waals surface area contributed by atoms with Gasteiger partial charge in [0.05, 0.1) is 0 Å². The lowest BCUT2D eigenvalue weighted by Crippen LogP contribution is -2.44. The molecule has 0 unspecified atom stereocenters. The molecule has 6 heteroatoms. The predicted molar refractivity (Wildman–Crippen MR) is 76.0 cm³/mol. The van der Waals surface area contributed by atoms with E-state index in [1.165, 1.54) is 6.92 Å². The Morgan fingerprint density at radius 3 is 2.45 bits per heavy atom. The number of rotatable bonds is 3. The van der Waals surface area contributed by atoms with Crippen molar-refractivity contribution in [1.29, 1.82) is 0 Å². The van der Waals surface area contributed by atoms with Gasteiger partial charge in [0.15, 0.2) is 0 Å². The summed E-state index contributed by atoms with van der Waals surface area (Å²) < 4.78 is 0. The quantitative estimate of drug-likeness (QED) is 0.790. The maximum atomic E-state index is 11.9. The lowest BCUT2D eigenvalue weighted by molar-refractivity contribution is -0.149. The van der Waals surface area contributed by atoms with E-state index in [0.717, 1.165) is 16.0 Å². The van der Waals surface area contributed by atoms with Crippen molar-refractivity contribution < 1.29 is 14.4 Å². The van der Waals surface area contributed by atoms with Gasteiger partial charge in [0, 0.05) is 25.7 Å². The Morgan fingerprint density at radius 2 is 1.90 bits per heavy atom. The van der Waals surface area contributed by atoms with Crippen molar-refractivity contribution in [2.24, 2.45) is 5.73 Å². The van der Waals surface area contributed by atoms with E-state index in [4.69, 9.17) is 5.73 Å². The van der Waals surface area contributed by atoms with Crippen molar-refractivity contribution >= 4 is 23.4 Å². The molecule has 0 aromatic heterocycles. The van der Waals surface area contributed by atoms with E-state index in [-0.39, 0.29) is 13.1 Å². The van der Waals surface area contributed by atoms with E-state index in [1.54, 1.807) is 6.07 Å². The normalized spacial score (nSPS) is 10.0. The fourth-order valence-corrected chi connectivity index (χ4v) is 1.70. The van der Waals surface area contributed by atoms with Crippen LogP contribution in [0.1, 0.15) is 18.1 Å². The van der Waals surface area contributed by atoms with Crippen LogP contribution < -0.4 is 11.1 Å². The van der Waals surface area contributed by atoms with Gasteiger partial charge >= 0.3 is 11.8 Å². The number of carbonyl (C=O) groups excluding carboxylic acids is 3. The summed E-state index contributed by atoms with van der Waals surface area (Å²) in [4.78, 5) is 36.0. The number of nitrogens with zero attached hydrogens (tertiary/aromatic N) is 1. The van der Waals surface area contributed by atoms with Crippen molar-refractivity contribution in [2.75, 3.05) is 18.4 Å². The summed E-state index contributed by atoms with van der Waals surface area (Å²) in [7, 11) is 0. The van der Waals surface area contributed by atoms with Crippen molar-refractivity contribution in [3.05, 3.63) is 29.3 Å². The van der Waals surface area contributed by atoms with Gasteiger partial charge in [-0.25, -0.2) is 0 Å². The van der Waals surface area contributed by atoms with Crippen molar-refractivity contribution in [1.82, 2.24) is 4.90 Å². The van der Waals surface area contributed by atoms with Gasteiger partial charge in [-0.2, -0.15) is 0 Å². The molecule has 20 heavy (non-hydrogen) atoms. The first kappa shape index (κ1) is 15.8. The van der Waals surface area contributed by atoms with Gasteiger partial charge < -0.3 is 11.1 Å². The van der Waals surface area contributed by atoms with Gasteiger partial charge in [0.2, 0.25) is 5.91 Å². The van der Waals surface area contributed by atoms with Crippen molar-refractivity contribution in [2.45, 2.75) is 20.8 Å². The number of aryl methyl sites for hydroxylation is 2. The van der Waals surface area contributed by atoms with Gasteiger partial charge in [0.25, 0.3) is 0 Å². The Balaban J connectivity index is 2.87. The van der Waals surface area contributed by atoms with Gasteiger partial charge in [-0.1, -0.05) is 12.1 Å². The highest BCUT2D eigenvalue weighted by atomic mass is 16.2. The van der Waals surface area contributed by atoms with Gasteiger partial charge in [-0.15, -0.1) is 0 Å². The Kier molecular flexibility index (Phi) is 5.40. The number of carbonyl (C=O) groups is 3. The smallest absolute Gasteiger partial charge is 0.318 e. The molecule has 0 spiro atoms. The van der Waals surface area contributed by atoms with Crippen LogP contribution in [0.25, 0.3) is 0 Å². The van der Waals surface area contributed by atoms with Crippen LogP contribution in [0.3, 0.4) is 0 Å². The highest BCUT2D eigenvalue weighted by molar-refractivity contribution is 6.41. The third kappa shape index (κ3) is 3.89. The summed E-state index contributed by atoms with van der Waals surface area (Å²) in [6, 6.07) is 5.52. The molecule has 0 heterocycles. The second kappa shape index (κ2) is 6.81. The van der Waals surface area contributed by atoms with E-state index >= 15 is 0 Å². The van der Waals surface area contributed by atoms with E-state index in [1.807, 2.05) is 26.0 Å². The molecule has 0 bridgehead atoms. The van der Waals surface area contributed by atoms with E-state index in [0.29, 0.717) is 5.69 Å². The maximum absolute atomic E-state index is 11.9. The van der Waals surface area contributed by atoms with Crippen LogP contribution in [0.5, 0.6) is 0 Å². The van der Waals surface area contributed by atoms with E-state index in [2.05, 4.69) is 5.32 Å². The van der Waals surface area contributed by atoms with Crippen LogP contribution in [-0.2, 0) is 14.4 Å². The molecule has 0 saturated carbocycles. The number of hydrogen-bond acceptors (Lipinski definition) is 4. The molecule has 0 aliphatic carbocycles. The minimum absolute atomic E-state index is 0.0222. The van der Waals surface area contributed by atoms with E-state index < -0.39 is 17.7 Å². The maximum Gasteiger partial charge on any atom is 0.318 e. The molecule has 0 atom stereocenters. The summed E-state index contributed by atoms with van der Waals surface area (Å²) in [5, 5.41) is 2.52. The average Bonchev–Trinajstić information content (AvgIpc) is 2.39. The molecule has 3 N–H and O–H groups in total. The molecular weight excluding hydrogens is 258 g/mol. The molecule has 0 radical (unpaired) electrons. The molecule has 6 nitrogen and oxygen atoms in total. The molecule has 3 amide bonds.